The molecule has 0 atom stereocenters. The monoisotopic (exact) mass is 186 g/mol. The molecular formula is H2F6NaOP. The molecule has 0 rings (SSSR count). The van der Waals surface area contributed by atoms with Gasteiger partial charge in [-0.05, 0) is 0 Å². The molecule has 0 amide bonds. The maximum Gasteiger partial charge on any atom is 1.00 e. The molecule has 0 heterocycles. The molecule has 0 radical (unpaired) electrons. The first-order chi connectivity index (χ1) is 2.45. The minimum atomic E-state index is -10.7. The molecule has 0 aliphatic rings. The van der Waals surface area contributed by atoms with Crippen molar-refractivity contribution in [1.29, 1.82) is 0 Å². The van der Waals surface area contributed by atoms with Gasteiger partial charge in [-0.15, -0.1) is 0 Å². The van der Waals surface area contributed by atoms with Crippen LogP contribution in [0.1, 0.15) is 0 Å². The summed E-state index contributed by atoms with van der Waals surface area (Å²) in [6.07, 6.45) is 0. The van der Waals surface area contributed by atoms with Gasteiger partial charge in [-0.3, -0.25) is 0 Å². The van der Waals surface area contributed by atoms with Gasteiger partial charge < -0.3 is 5.48 Å². The summed E-state index contributed by atoms with van der Waals surface area (Å²) in [5.41, 5.74) is 0. The van der Waals surface area contributed by atoms with Crippen LogP contribution in [0.5, 0.6) is 0 Å². The van der Waals surface area contributed by atoms with E-state index in [0.29, 0.717) is 0 Å². The quantitative estimate of drug-likeness (QED) is 0.279. The Labute approximate surface area is 68.3 Å². The fraction of sp³-hybridized carbons (Fsp3) is 0. The minimum Gasteiger partial charge on any atom is -0.412 e. The van der Waals surface area contributed by atoms with Gasteiger partial charge in [-0.25, -0.2) is 0 Å². The maximum absolute atomic E-state index is 10.7. The van der Waals surface area contributed by atoms with E-state index in [4.69, 9.17) is 0 Å². The predicted molar refractivity (Wildman–Crippen MR) is 17.2 cm³/mol. The average molecular weight is 186 g/mol. The van der Waals surface area contributed by atoms with Crippen LogP contribution in [0.4, 0.5) is 25.2 Å². The van der Waals surface area contributed by atoms with Crippen molar-refractivity contribution in [2.45, 2.75) is 0 Å². The van der Waals surface area contributed by atoms with Crippen LogP contribution in [0.25, 0.3) is 0 Å². The van der Waals surface area contributed by atoms with Crippen molar-refractivity contribution in [1.82, 2.24) is 0 Å². The van der Waals surface area contributed by atoms with Gasteiger partial charge in [0.05, 0.1) is 0 Å². The van der Waals surface area contributed by atoms with Crippen molar-refractivity contribution in [3.63, 3.8) is 0 Å². The normalized spacial score (nSPS) is 18.0. The van der Waals surface area contributed by atoms with E-state index in [1.54, 1.807) is 0 Å². The van der Waals surface area contributed by atoms with E-state index in [-0.39, 0.29) is 35.0 Å². The van der Waals surface area contributed by atoms with Crippen LogP contribution in [0, 0.1) is 0 Å². The molecule has 0 saturated heterocycles. The SMILES string of the molecule is F[P-](F)(F)(F)(F)F.O.[Na+]. The second kappa shape index (κ2) is 2.23. The zero-order valence-electron chi connectivity index (χ0n) is 4.22. The number of hydrogen-bond acceptors (Lipinski definition) is 0. The van der Waals surface area contributed by atoms with Crippen LogP contribution >= 0.6 is 7.81 Å². The second-order valence-corrected chi connectivity index (χ2v) is 2.87. The van der Waals surface area contributed by atoms with Crippen LogP contribution in [0.15, 0.2) is 0 Å². The Morgan fingerprint density at radius 2 is 0.667 bits per heavy atom. The Hall–Kier alpha value is 0.970. The van der Waals surface area contributed by atoms with Crippen molar-refractivity contribution >= 4 is 7.81 Å². The molecule has 1 nitrogen and oxygen atoms in total. The summed E-state index contributed by atoms with van der Waals surface area (Å²) in [6.45, 7) is 0. The van der Waals surface area contributed by atoms with Crippen molar-refractivity contribution in [2.75, 3.05) is 0 Å². The van der Waals surface area contributed by atoms with Crippen LogP contribution in [-0.2, 0) is 0 Å². The molecule has 0 unspecified atom stereocenters. The van der Waals surface area contributed by atoms with E-state index >= 15 is 0 Å². The summed E-state index contributed by atoms with van der Waals surface area (Å²) in [7, 11) is -10.7. The molecule has 0 bridgehead atoms. The standard InChI is InChI=1S/F6P.Na.H2O/c1-7(2,3,4,5)6;;/h;;1H2/q-1;+1;. The summed E-state index contributed by atoms with van der Waals surface area (Å²) in [5.74, 6) is 0. The first-order valence-corrected chi connectivity index (χ1v) is 3.04. The summed E-state index contributed by atoms with van der Waals surface area (Å²) in [4.78, 5) is 0. The smallest absolute Gasteiger partial charge is 0.412 e. The molecule has 0 aromatic heterocycles. The molecule has 0 aromatic carbocycles. The van der Waals surface area contributed by atoms with E-state index in [2.05, 4.69) is 0 Å². The van der Waals surface area contributed by atoms with Gasteiger partial charge in [-0.2, -0.15) is 0 Å². The fourth-order valence-corrected chi connectivity index (χ4v) is 0. The van der Waals surface area contributed by atoms with Crippen molar-refractivity contribution in [3.05, 3.63) is 0 Å². The molecule has 0 saturated carbocycles. The molecule has 2 N–H and O–H groups in total. The van der Waals surface area contributed by atoms with Gasteiger partial charge in [0.1, 0.15) is 0 Å². The van der Waals surface area contributed by atoms with E-state index in [1.165, 1.54) is 0 Å². The van der Waals surface area contributed by atoms with Crippen molar-refractivity contribution in [2.24, 2.45) is 0 Å². The predicted octanol–water partition coefficient (Wildman–Crippen LogP) is -0.438. The maximum atomic E-state index is 9.87. The Kier molecular flexibility index (Phi) is 4.10. The number of rotatable bonds is 0. The summed E-state index contributed by atoms with van der Waals surface area (Å²) in [5, 5.41) is 0. The second-order valence-electron chi connectivity index (χ2n) is 0.958. The first-order valence-electron chi connectivity index (χ1n) is 1.01. The first kappa shape index (κ1) is 16.5. The van der Waals surface area contributed by atoms with Gasteiger partial charge in [-0.1, -0.05) is 0 Å². The van der Waals surface area contributed by atoms with Gasteiger partial charge in [0, 0.05) is 0 Å². The van der Waals surface area contributed by atoms with Gasteiger partial charge in [0.15, 0.2) is 0 Å². The summed E-state index contributed by atoms with van der Waals surface area (Å²) in [6, 6.07) is 0. The summed E-state index contributed by atoms with van der Waals surface area (Å²) < 4.78 is 59.2. The Morgan fingerprint density at radius 3 is 0.667 bits per heavy atom. The molecule has 56 valence electrons. The third-order valence-electron chi connectivity index (χ3n) is 0. The molecule has 9 heteroatoms. The molecule has 0 aliphatic heterocycles. The molecule has 0 spiro atoms. The molecule has 0 aliphatic carbocycles. The molecular weight excluding hydrogens is 184 g/mol. The van der Waals surface area contributed by atoms with E-state index in [1.807, 2.05) is 0 Å². The number of halogens is 6. The minimum absolute atomic E-state index is 0. The zero-order valence-corrected chi connectivity index (χ0v) is 7.11. The van der Waals surface area contributed by atoms with E-state index < -0.39 is 7.81 Å². The third kappa shape index (κ3) is 463. The third-order valence-corrected chi connectivity index (χ3v) is 0. The van der Waals surface area contributed by atoms with Crippen molar-refractivity contribution < 1.29 is 60.2 Å². The van der Waals surface area contributed by atoms with Crippen LogP contribution in [0.3, 0.4) is 0 Å². The summed E-state index contributed by atoms with van der Waals surface area (Å²) >= 11 is 0. The van der Waals surface area contributed by atoms with Crippen LogP contribution in [0.2, 0.25) is 0 Å². The molecule has 0 fully saturated rings. The van der Waals surface area contributed by atoms with E-state index in [9.17, 15) is 25.2 Å². The molecule has 0 aromatic rings. The van der Waals surface area contributed by atoms with Crippen molar-refractivity contribution in [3.8, 4) is 0 Å². The van der Waals surface area contributed by atoms with Gasteiger partial charge >= 0.3 is 62.5 Å². The average Bonchev–Trinajstić information content (AvgIpc) is 0.592. The van der Waals surface area contributed by atoms with E-state index in [0.717, 1.165) is 0 Å². The Morgan fingerprint density at radius 1 is 0.667 bits per heavy atom. The van der Waals surface area contributed by atoms with Gasteiger partial charge in [0.2, 0.25) is 0 Å². The Bertz CT molecular complexity index is 71.6. The topological polar surface area (TPSA) is 31.5 Å². The van der Waals surface area contributed by atoms with Gasteiger partial charge in [0.25, 0.3) is 0 Å². The number of hydrogen-bond donors (Lipinski definition) is 0. The zero-order chi connectivity index (χ0) is 6.41. The molecule has 9 heavy (non-hydrogen) atoms. The van der Waals surface area contributed by atoms with Crippen LogP contribution in [-0.4, -0.2) is 5.48 Å². The fourth-order valence-electron chi connectivity index (χ4n) is 0. The largest absolute Gasteiger partial charge is 1.00 e. The Balaban J connectivity index is -0.000000180. The van der Waals surface area contributed by atoms with Crippen LogP contribution < -0.4 is 29.6 Å².